The van der Waals surface area contributed by atoms with Crippen molar-refractivity contribution in [2.75, 3.05) is 11.9 Å². The minimum atomic E-state index is 0.123. The second kappa shape index (κ2) is 7.33. The first-order valence-corrected chi connectivity index (χ1v) is 8.85. The van der Waals surface area contributed by atoms with Crippen LogP contribution < -0.4 is 0 Å². The van der Waals surface area contributed by atoms with E-state index >= 15 is 0 Å². The summed E-state index contributed by atoms with van der Waals surface area (Å²) >= 11 is 4.69. The topological polar surface area (TPSA) is 46.1 Å². The Balaban J connectivity index is 2.15. The van der Waals surface area contributed by atoms with Crippen LogP contribution in [0.15, 0.2) is 0 Å². The maximum atomic E-state index is 12.7. The predicted octanol–water partition coefficient (Wildman–Crippen LogP) is 3.27. The number of hydrogen-bond donors (Lipinski definition) is 0. The van der Waals surface area contributed by atoms with Gasteiger partial charge in [-0.3, -0.25) is 4.79 Å². The van der Waals surface area contributed by atoms with Crippen LogP contribution in [0.25, 0.3) is 0 Å². The molecule has 0 atom stereocenters. The van der Waals surface area contributed by atoms with E-state index < -0.39 is 0 Å². The third kappa shape index (κ3) is 3.54. The standard InChI is InChI=1S/C13H20BrN3OS/c1-2-11-12(19-16-15-11)13(18)17(9-8-14)10-6-4-3-5-7-10/h10H,2-9H2,1H3. The number of carbonyl (C=O) groups excluding carboxylic acids is 1. The highest BCUT2D eigenvalue weighted by Crippen LogP contribution is 2.25. The van der Waals surface area contributed by atoms with Gasteiger partial charge < -0.3 is 4.90 Å². The van der Waals surface area contributed by atoms with Crippen LogP contribution in [-0.4, -0.2) is 38.3 Å². The predicted molar refractivity (Wildman–Crippen MR) is 81.0 cm³/mol. The summed E-state index contributed by atoms with van der Waals surface area (Å²) in [5, 5.41) is 4.88. The van der Waals surface area contributed by atoms with E-state index in [9.17, 15) is 4.79 Å². The summed E-state index contributed by atoms with van der Waals surface area (Å²) in [6, 6.07) is 0.394. The Morgan fingerprint density at radius 3 is 2.79 bits per heavy atom. The van der Waals surface area contributed by atoms with Crippen LogP contribution in [-0.2, 0) is 6.42 Å². The van der Waals surface area contributed by atoms with Crippen molar-refractivity contribution in [3.63, 3.8) is 0 Å². The molecule has 19 heavy (non-hydrogen) atoms. The number of aromatic nitrogens is 2. The maximum Gasteiger partial charge on any atom is 0.267 e. The van der Waals surface area contributed by atoms with E-state index in [1.807, 2.05) is 11.8 Å². The summed E-state index contributed by atoms with van der Waals surface area (Å²) in [6.07, 6.45) is 6.80. The fraction of sp³-hybridized carbons (Fsp3) is 0.769. The van der Waals surface area contributed by atoms with Gasteiger partial charge in [-0.2, -0.15) is 0 Å². The molecule has 0 radical (unpaired) electrons. The molecule has 0 aromatic carbocycles. The van der Waals surface area contributed by atoms with E-state index in [-0.39, 0.29) is 5.91 Å². The highest BCUT2D eigenvalue weighted by molar-refractivity contribution is 9.09. The molecule has 1 aliphatic rings. The van der Waals surface area contributed by atoms with Gasteiger partial charge in [-0.25, -0.2) is 0 Å². The van der Waals surface area contributed by atoms with Crippen LogP contribution in [0.4, 0.5) is 0 Å². The van der Waals surface area contributed by atoms with Gasteiger partial charge in [0, 0.05) is 17.9 Å². The normalized spacial score (nSPS) is 16.5. The molecule has 0 N–H and O–H groups in total. The minimum Gasteiger partial charge on any atom is -0.334 e. The van der Waals surface area contributed by atoms with E-state index in [0.717, 1.165) is 41.7 Å². The molecule has 1 saturated carbocycles. The Labute approximate surface area is 126 Å². The Bertz CT molecular complexity index is 418. The van der Waals surface area contributed by atoms with Crippen molar-refractivity contribution in [1.82, 2.24) is 14.5 Å². The molecule has 0 aliphatic heterocycles. The van der Waals surface area contributed by atoms with Gasteiger partial charge >= 0.3 is 0 Å². The zero-order valence-corrected chi connectivity index (χ0v) is 13.7. The van der Waals surface area contributed by atoms with Crippen LogP contribution in [0.2, 0.25) is 0 Å². The summed E-state index contributed by atoms with van der Waals surface area (Å²) in [4.78, 5) is 15.5. The van der Waals surface area contributed by atoms with Crippen LogP contribution in [0.3, 0.4) is 0 Å². The summed E-state index contributed by atoms with van der Waals surface area (Å²) in [6.45, 7) is 2.79. The Hall–Kier alpha value is -0.490. The summed E-state index contributed by atoms with van der Waals surface area (Å²) < 4.78 is 3.93. The molecule has 6 heteroatoms. The number of aryl methyl sites for hydroxylation is 1. The lowest BCUT2D eigenvalue weighted by molar-refractivity contribution is 0.0655. The number of alkyl halides is 1. The second-order valence-electron chi connectivity index (χ2n) is 4.88. The largest absolute Gasteiger partial charge is 0.334 e. The fourth-order valence-corrected chi connectivity index (χ4v) is 3.76. The molecule has 0 saturated heterocycles. The molecule has 1 heterocycles. The molecule has 106 valence electrons. The van der Waals surface area contributed by atoms with Crippen molar-refractivity contribution in [2.24, 2.45) is 0 Å². The SMILES string of the molecule is CCc1nnsc1C(=O)N(CCBr)C1CCCCC1. The molecular formula is C13H20BrN3OS. The number of halogens is 1. The van der Waals surface area contributed by atoms with Crippen molar-refractivity contribution in [3.8, 4) is 0 Å². The second-order valence-corrected chi connectivity index (χ2v) is 6.43. The number of carbonyl (C=O) groups is 1. The molecule has 2 rings (SSSR count). The molecular weight excluding hydrogens is 326 g/mol. The van der Waals surface area contributed by atoms with E-state index in [1.54, 1.807) is 0 Å². The van der Waals surface area contributed by atoms with Gasteiger partial charge in [0.25, 0.3) is 5.91 Å². The molecule has 1 aliphatic carbocycles. The highest BCUT2D eigenvalue weighted by atomic mass is 79.9. The minimum absolute atomic E-state index is 0.123. The van der Waals surface area contributed by atoms with Gasteiger partial charge in [0.15, 0.2) is 0 Å². The lowest BCUT2D eigenvalue weighted by atomic mass is 9.94. The Morgan fingerprint density at radius 2 is 2.16 bits per heavy atom. The van der Waals surface area contributed by atoms with Crippen LogP contribution in [0.5, 0.6) is 0 Å². The Morgan fingerprint density at radius 1 is 1.42 bits per heavy atom. The van der Waals surface area contributed by atoms with Crippen molar-refractivity contribution < 1.29 is 4.79 Å². The van der Waals surface area contributed by atoms with E-state index in [2.05, 4.69) is 25.5 Å². The first kappa shape index (κ1) is 14.9. The molecule has 1 aromatic rings. The zero-order chi connectivity index (χ0) is 13.7. The van der Waals surface area contributed by atoms with Gasteiger partial charge in [-0.1, -0.05) is 46.6 Å². The van der Waals surface area contributed by atoms with Crippen molar-refractivity contribution in [1.29, 1.82) is 0 Å². The molecule has 0 spiro atoms. The van der Waals surface area contributed by atoms with Crippen LogP contribution in [0.1, 0.15) is 54.4 Å². The van der Waals surface area contributed by atoms with Gasteiger partial charge in [-0.15, -0.1) is 5.10 Å². The zero-order valence-electron chi connectivity index (χ0n) is 11.3. The monoisotopic (exact) mass is 345 g/mol. The molecule has 4 nitrogen and oxygen atoms in total. The lowest BCUT2D eigenvalue weighted by Gasteiger charge is -2.33. The van der Waals surface area contributed by atoms with Crippen molar-refractivity contribution in [3.05, 3.63) is 10.6 Å². The van der Waals surface area contributed by atoms with E-state index in [0.29, 0.717) is 6.04 Å². The number of nitrogens with zero attached hydrogens (tertiary/aromatic N) is 3. The van der Waals surface area contributed by atoms with Gasteiger partial charge in [0.05, 0.1) is 5.69 Å². The molecule has 0 bridgehead atoms. The van der Waals surface area contributed by atoms with Gasteiger partial charge in [0.1, 0.15) is 4.88 Å². The van der Waals surface area contributed by atoms with Crippen LogP contribution >= 0.6 is 27.5 Å². The van der Waals surface area contributed by atoms with Crippen molar-refractivity contribution in [2.45, 2.75) is 51.5 Å². The molecule has 1 amide bonds. The maximum absolute atomic E-state index is 12.7. The number of hydrogen-bond acceptors (Lipinski definition) is 4. The van der Waals surface area contributed by atoms with Gasteiger partial charge in [0.2, 0.25) is 0 Å². The summed E-state index contributed by atoms with van der Waals surface area (Å²) in [5.74, 6) is 0.123. The molecule has 0 unspecified atom stereocenters. The summed E-state index contributed by atoms with van der Waals surface area (Å²) in [7, 11) is 0. The average Bonchev–Trinajstić information content (AvgIpc) is 2.93. The smallest absolute Gasteiger partial charge is 0.267 e. The number of amides is 1. The number of rotatable bonds is 5. The first-order chi connectivity index (χ1) is 9.27. The highest BCUT2D eigenvalue weighted by Gasteiger charge is 2.28. The quantitative estimate of drug-likeness (QED) is 0.769. The third-order valence-corrected chi connectivity index (χ3v) is 4.80. The first-order valence-electron chi connectivity index (χ1n) is 6.96. The van der Waals surface area contributed by atoms with E-state index in [1.165, 1.54) is 30.8 Å². The molecule has 1 fully saturated rings. The van der Waals surface area contributed by atoms with Crippen LogP contribution in [0, 0.1) is 0 Å². The fourth-order valence-electron chi connectivity index (χ4n) is 2.67. The molecule has 1 aromatic heterocycles. The van der Waals surface area contributed by atoms with E-state index in [4.69, 9.17) is 0 Å². The van der Waals surface area contributed by atoms with Crippen molar-refractivity contribution >= 4 is 33.4 Å². The average molecular weight is 346 g/mol. The Kier molecular flexibility index (Phi) is 5.76. The lowest BCUT2D eigenvalue weighted by Crippen LogP contribution is -2.42. The van der Waals surface area contributed by atoms with Gasteiger partial charge in [-0.05, 0) is 30.8 Å². The summed E-state index contributed by atoms with van der Waals surface area (Å²) in [5.41, 5.74) is 0.838. The third-order valence-electron chi connectivity index (χ3n) is 3.69.